The molecule has 1 aromatic carbocycles. The maximum Gasteiger partial charge on any atom is 0.417 e. The molecule has 0 spiro atoms. The Bertz CT molecular complexity index is 1140. The fourth-order valence-electron chi connectivity index (χ4n) is 4.46. The first-order valence-electron chi connectivity index (χ1n) is 11.1. The molecule has 0 N–H and O–H groups in total. The van der Waals surface area contributed by atoms with Gasteiger partial charge in [0.2, 0.25) is 0 Å². The summed E-state index contributed by atoms with van der Waals surface area (Å²) in [7, 11) is 0. The van der Waals surface area contributed by atoms with Crippen molar-refractivity contribution in [2.45, 2.75) is 44.8 Å². The van der Waals surface area contributed by atoms with Crippen molar-refractivity contribution in [3.8, 4) is 11.4 Å². The predicted octanol–water partition coefficient (Wildman–Crippen LogP) is 5.57. The molecule has 0 bridgehead atoms. The van der Waals surface area contributed by atoms with E-state index >= 15 is 0 Å². The average molecular weight is 472 g/mol. The molecule has 3 aromatic rings. The zero-order valence-corrected chi connectivity index (χ0v) is 18.6. The van der Waals surface area contributed by atoms with E-state index in [-0.39, 0.29) is 23.7 Å². The zero-order chi connectivity index (χ0) is 24.3. The predicted molar refractivity (Wildman–Crippen MR) is 118 cm³/mol. The van der Waals surface area contributed by atoms with Crippen molar-refractivity contribution >= 4 is 5.91 Å². The smallest absolute Gasteiger partial charge is 0.335 e. The van der Waals surface area contributed by atoms with Crippen molar-refractivity contribution < 1.29 is 22.4 Å². The summed E-state index contributed by atoms with van der Waals surface area (Å²) in [6.45, 7) is 2.61. The fourth-order valence-corrected chi connectivity index (χ4v) is 4.46. The number of aromatic nitrogens is 3. The van der Waals surface area contributed by atoms with Gasteiger partial charge in [0, 0.05) is 42.4 Å². The Morgan fingerprint density at radius 3 is 2.56 bits per heavy atom. The molecule has 5 nitrogen and oxygen atoms in total. The third-order valence-corrected chi connectivity index (χ3v) is 6.24. The number of carbonyl (C=O) groups is 1. The first-order chi connectivity index (χ1) is 16.2. The van der Waals surface area contributed by atoms with Crippen LogP contribution in [0.15, 0.2) is 55.0 Å². The zero-order valence-electron chi connectivity index (χ0n) is 18.6. The number of pyridine rings is 1. The Morgan fingerprint density at radius 1 is 1.12 bits per heavy atom. The summed E-state index contributed by atoms with van der Waals surface area (Å²) < 4.78 is 52.5. The number of piperidine rings is 1. The Balaban J connectivity index is 1.56. The molecule has 0 saturated carbocycles. The molecule has 0 aliphatic carbocycles. The van der Waals surface area contributed by atoms with Crippen LogP contribution in [0.3, 0.4) is 0 Å². The molecule has 9 heteroatoms. The number of nitrogens with zero attached hydrogens (tertiary/aromatic N) is 4. The van der Waals surface area contributed by atoms with Gasteiger partial charge in [-0.1, -0.05) is 6.92 Å². The first-order valence-corrected chi connectivity index (χ1v) is 11.1. The van der Waals surface area contributed by atoms with Crippen molar-refractivity contribution in [1.29, 1.82) is 0 Å². The number of benzene rings is 1. The van der Waals surface area contributed by atoms with E-state index < -0.39 is 17.6 Å². The molecule has 1 aliphatic heterocycles. The van der Waals surface area contributed by atoms with Crippen LogP contribution >= 0.6 is 0 Å². The van der Waals surface area contributed by atoms with Crippen LogP contribution in [-0.2, 0) is 12.6 Å². The number of hydrogen-bond donors (Lipinski definition) is 0. The fraction of sp³-hybridized carbons (Fsp3) is 0.360. The number of halogens is 4. The summed E-state index contributed by atoms with van der Waals surface area (Å²) in [4.78, 5) is 27.7. The highest BCUT2D eigenvalue weighted by Gasteiger charge is 2.34. The van der Waals surface area contributed by atoms with Gasteiger partial charge >= 0.3 is 6.18 Å². The molecule has 1 fully saturated rings. The van der Waals surface area contributed by atoms with Crippen molar-refractivity contribution in [1.82, 2.24) is 19.9 Å². The highest BCUT2D eigenvalue weighted by molar-refractivity contribution is 6.00. The third-order valence-electron chi connectivity index (χ3n) is 6.24. The summed E-state index contributed by atoms with van der Waals surface area (Å²) >= 11 is 0. The topological polar surface area (TPSA) is 59.0 Å². The van der Waals surface area contributed by atoms with Gasteiger partial charge in [-0.2, -0.15) is 13.2 Å². The van der Waals surface area contributed by atoms with E-state index in [0.717, 1.165) is 25.1 Å². The number of rotatable bonds is 5. The highest BCUT2D eigenvalue weighted by atomic mass is 19.4. The van der Waals surface area contributed by atoms with Crippen LogP contribution < -0.4 is 0 Å². The lowest BCUT2D eigenvalue weighted by Crippen LogP contribution is -2.48. The summed E-state index contributed by atoms with van der Waals surface area (Å²) in [5, 5.41) is 0. The molecule has 178 valence electrons. The minimum atomic E-state index is -4.43. The molecule has 34 heavy (non-hydrogen) atoms. The second-order valence-electron chi connectivity index (χ2n) is 8.52. The number of aryl methyl sites for hydroxylation is 1. The summed E-state index contributed by atoms with van der Waals surface area (Å²) in [6.07, 6.45) is 2.25. The van der Waals surface area contributed by atoms with E-state index in [4.69, 9.17) is 0 Å². The lowest BCUT2D eigenvalue weighted by Gasteiger charge is -2.40. The molecule has 2 atom stereocenters. The van der Waals surface area contributed by atoms with Crippen LogP contribution in [0.25, 0.3) is 11.4 Å². The molecular weight excluding hydrogens is 448 g/mol. The number of carbonyl (C=O) groups excluding carboxylic acids is 1. The molecule has 1 aliphatic rings. The molecule has 3 heterocycles. The molecule has 1 amide bonds. The largest absolute Gasteiger partial charge is 0.417 e. The summed E-state index contributed by atoms with van der Waals surface area (Å²) in [5.74, 6) is -0.264. The Kier molecular flexibility index (Phi) is 6.90. The highest BCUT2D eigenvalue weighted by Crippen LogP contribution is 2.32. The van der Waals surface area contributed by atoms with Gasteiger partial charge < -0.3 is 4.90 Å². The Morgan fingerprint density at radius 2 is 1.88 bits per heavy atom. The number of hydrogen-bond acceptors (Lipinski definition) is 4. The summed E-state index contributed by atoms with van der Waals surface area (Å²) in [5.41, 5.74) is 0.399. The molecule has 4 rings (SSSR count). The van der Waals surface area contributed by atoms with Gasteiger partial charge in [-0.25, -0.2) is 14.4 Å². The minimum Gasteiger partial charge on any atom is -0.335 e. The molecular formula is C25H24F4N4O. The van der Waals surface area contributed by atoms with E-state index in [1.165, 1.54) is 36.7 Å². The number of amides is 1. The molecule has 1 saturated heterocycles. The minimum absolute atomic E-state index is 0.125. The quantitative estimate of drug-likeness (QED) is 0.456. The van der Waals surface area contributed by atoms with Gasteiger partial charge in [0.15, 0.2) is 5.82 Å². The van der Waals surface area contributed by atoms with Crippen LogP contribution in [0.1, 0.15) is 47.8 Å². The maximum absolute atomic E-state index is 14.0. The van der Waals surface area contributed by atoms with Crippen LogP contribution in [0.5, 0.6) is 0 Å². The van der Waals surface area contributed by atoms with Gasteiger partial charge in [0.05, 0.1) is 11.1 Å². The second-order valence-corrected chi connectivity index (χ2v) is 8.52. The van der Waals surface area contributed by atoms with Crippen LogP contribution in [0.2, 0.25) is 0 Å². The molecule has 0 unspecified atom stereocenters. The van der Waals surface area contributed by atoms with Gasteiger partial charge in [-0.3, -0.25) is 9.78 Å². The standard InChI is InChI=1S/C25H24F4N4O/c1-16-4-2-13-33(22(16)10-8-19-7-5-17(15-32-19)25(27,28)29)24(34)20-9-6-18(26)14-21(20)23-30-11-3-12-31-23/h3,5-7,9,11-12,14-16,22H,2,4,8,10,13H2,1H3/t16-,22-/m1/s1. The third kappa shape index (κ3) is 5.24. The van der Waals surface area contributed by atoms with E-state index in [9.17, 15) is 22.4 Å². The van der Waals surface area contributed by atoms with Crippen molar-refractivity contribution in [2.24, 2.45) is 5.92 Å². The van der Waals surface area contributed by atoms with E-state index in [1.54, 1.807) is 11.0 Å². The van der Waals surface area contributed by atoms with E-state index in [0.29, 0.717) is 36.2 Å². The number of alkyl halides is 3. The van der Waals surface area contributed by atoms with Gasteiger partial charge in [0.25, 0.3) is 5.91 Å². The first kappa shape index (κ1) is 23.8. The van der Waals surface area contributed by atoms with Crippen molar-refractivity contribution in [2.75, 3.05) is 6.54 Å². The lowest BCUT2D eigenvalue weighted by molar-refractivity contribution is -0.137. The molecule has 0 radical (unpaired) electrons. The van der Waals surface area contributed by atoms with Gasteiger partial charge in [0.1, 0.15) is 5.82 Å². The van der Waals surface area contributed by atoms with E-state index in [1.807, 2.05) is 0 Å². The van der Waals surface area contributed by atoms with Crippen LogP contribution in [0.4, 0.5) is 17.6 Å². The Labute approximate surface area is 194 Å². The maximum atomic E-state index is 14.0. The van der Waals surface area contributed by atoms with Crippen molar-refractivity contribution in [3.63, 3.8) is 0 Å². The summed E-state index contributed by atoms with van der Waals surface area (Å²) in [6, 6.07) is 7.89. The average Bonchev–Trinajstić information content (AvgIpc) is 2.83. The second kappa shape index (κ2) is 9.87. The molecule has 2 aromatic heterocycles. The van der Waals surface area contributed by atoms with E-state index in [2.05, 4.69) is 21.9 Å². The SMILES string of the molecule is C[C@@H]1CCCN(C(=O)c2ccc(F)cc2-c2ncccn2)[C@@H]1CCc1ccc(C(F)(F)F)cn1. The van der Waals surface area contributed by atoms with Gasteiger partial charge in [-0.05, 0) is 68.0 Å². The monoisotopic (exact) mass is 472 g/mol. The lowest BCUT2D eigenvalue weighted by atomic mass is 9.86. The van der Waals surface area contributed by atoms with Crippen LogP contribution in [0, 0.1) is 11.7 Å². The van der Waals surface area contributed by atoms with Crippen LogP contribution in [-0.4, -0.2) is 38.3 Å². The Hall–Kier alpha value is -3.36. The van der Waals surface area contributed by atoms with Gasteiger partial charge in [-0.15, -0.1) is 0 Å². The van der Waals surface area contributed by atoms with Crippen molar-refractivity contribution in [3.05, 3.63) is 77.6 Å². The normalized spacial score (nSPS) is 18.7. The number of likely N-dealkylation sites (tertiary alicyclic amines) is 1.